The molecule has 3 aromatic rings. The molecule has 4 rings (SSSR count). The van der Waals surface area contributed by atoms with Gasteiger partial charge in [0.25, 0.3) is 0 Å². The predicted molar refractivity (Wildman–Crippen MR) is 127 cm³/mol. The maximum absolute atomic E-state index is 12.9. The Labute approximate surface area is 209 Å². The lowest BCUT2D eigenvalue weighted by molar-refractivity contribution is -0.143. The molecule has 1 fully saturated rings. The number of nitrogens with one attached hydrogen (secondary N) is 1. The van der Waals surface area contributed by atoms with E-state index in [-0.39, 0.29) is 28.3 Å². The first-order chi connectivity index (χ1) is 17.0. The molecule has 2 aromatic heterocycles. The van der Waals surface area contributed by atoms with E-state index in [2.05, 4.69) is 15.4 Å². The number of likely N-dealkylation sites (N-methyl/N-ethyl adjacent to an activating group) is 1. The number of anilines is 2. The van der Waals surface area contributed by atoms with Gasteiger partial charge in [0.1, 0.15) is 17.6 Å². The molecule has 2 unspecified atom stereocenters. The fourth-order valence-corrected chi connectivity index (χ4v) is 4.32. The van der Waals surface area contributed by atoms with Gasteiger partial charge in [-0.05, 0) is 43.9 Å². The minimum atomic E-state index is -4.55. The second-order valence-electron chi connectivity index (χ2n) is 8.53. The lowest BCUT2D eigenvalue weighted by atomic mass is 10.0. The molecule has 1 aromatic carbocycles. The van der Waals surface area contributed by atoms with Crippen LogP contribution < -0.4 is 11.1 Å². The molecule has 0 saturated carbocycles. The summed E-state index contributed by atoms with van der Waals surface area (Å²) in [6.45, 7) is 2.16. The number of alkyl halides is 3. The van der Waals surface area contributed by atoms with Gasteiger partial charge in [-0.3, -0.25) is 9.59 Å². The van der Waals surface area contributed by atoms with E-state index in [1.54, 1.807) is 17.8 Å². The van der Waals surface area contributed by atoms with Crippen molar-refractivity contribution in [3.8, 4) is 0 Å². The van der Waals surface area contributed by atoms with Crippen LogP contribution in [0.3, 0.4) is 0 Å². The molecule has 0 radical (unpaired) electrons. The first-order valence-corrected chi connectivity index (χ1v) is 11.5. The number of hydrogen-bond donors (Lipinski definition) is 2. The molecule has 2 amide bonds. The van der Waals surface area contributed by atoms with Crippen molar-refractivity contribution >= 4 is 45.8 Å². The van der Waals surface area contributed by atoms with Crippen LogP contribution in [0.4, 0.5) is 24.7 Å². The van der Waals surface area contributed by atoms with Crippen LogP contribution >= 0.6 is 11.6 Å². The molecule has 1 saturated heterocycles. The Morgan fingerprint density at radius 3 is 2.72 bits per heavy atom. The Morgan fingerprint density at radius 1 is 1.33 bits per heavy atom. The summed E-state index contributed by atoms with van der Waals surface area (Å²) in [7, 11) is 1.35. The number of pyridine rings is 1. The normalized spacial score (nSPS) is 17.1. The third-order valence-electron chi connectivity index (χ3n) is 6.17. The number of fused-ring (bicyclic) bond motifs is 1. The van der Waals surface area contributed by atoms with E-state index in [4.69, 9.17) is 22.1 Å². The Morgan fingerprint density at radius 2 is 2.08 bits per heavy atom. The fraction of sp³-hybridized carbons (Fsp3) is 0.391. The van der Waals surface area contributed by atoms with Crippen LogP contribution in [0.25, 0.3) is 10.9 Å². The molecule has 3 N–H and O–H groups in total. The molecule has 3 heterocycles. The van der Waals surface area contributed by atoms with Crippen LogP contribution in [0.1, 0.15) is 49.6 Å². The van der Waals surface area contributed by atoms with Gasteiger partial charge in [0.15, 0.2) is 0 Å². The second kappa shape index (κ2) is 9.94. The van der Waals surface area contributed by atoms with Crippen molar-refractivity contribution in [3.05, 3.63) is 46.7 Å². The molecule has 1 aliphatic rings. The molecule has 2 atom stereocenters. The van der Waals surface area contributed by atoms with Gasteiger partial charge in [-0.25, -0.2) is 9.67 Å². The number of benzene rings is 1. The topological polar surface area (TPSA) is 115 Å². The third kappa shape index (κ3) is 5.09. The molecule has 192 valence electrons. The number of carbonyl (C=O) groups is 2. The van der Waals surface area contributed by atoms with Gasteiger partial charge in [-0.1, -0.05) is 17.7 Å². The van der Waals surface area contributed by atoms with Gasteiger partial charge in [-0.15, -0.1) is 0 Å². The Hall–Kier alpha value is -3.38. The molecule has 1 aliphatic heterocycles. The second-order valence-corrected chi connectivity index (χ2v) is 8.94. The zero-order chi connectivity index (χ0) is 26.2. The van der Waals surface area contributed by atoms with Crippen molar-refractivity contribution in [2.24, 2.45) is 0 Å². The van der Waals surface area contributed by atoms with Crippen molar-refractivity contribution < 1.29 is 27.5 Å². The van der Waals surface area contributed by atoms with Crippen molar-refractivity contribution in [2.75, 3.05) is 24.7 Å². The van der Waals surface area contributed by atoms with Crippen molar-refractivity contribution in [1.82, 2.24) is 19.7 Å². The summed E-state index contributed by atoms with van der Waals surface area (Å²) in [4.78, 5) is 30.8. The number of halogens is 4. The number of aromatic nitrogens is 3. The lowest BCUT2D eigenvalue weighted by Crippen LogP contribution is -2.38. The van der Waals surface area contributed by atoms with Crippen molar-refractivity contribution in [2.45, 2.75) is 44.6 Å². The number of hydrogen-bond acceptors (Lipinski definition) is 6. The van der Waals surface area contributed by atoms with Gasteiger partial charge in [-0.2, -0.15) is 18.3 Å². The molecule has 0 aliphatic carbocycles. The number of nitrogens with zero attached hydrogens (tertiary/aromatic N) is 4. The van der Waals surface area contributed by atoms with Gasteiger partial charge in [0.2, 0.25) is 0 Å². The summed E-state index contributed by atoms with van der Waals surface area (Å²) in [5.41, 5.74) is 5.87. The van der Waals surface area contributed by atoms with E-state index in [0.29, 0.717) is 17.5 Å². The highest BCUT2D eigenvalue weighted by atomic mass is 35.5. The number of carbonyl (C=O) groups excluding carboxylic acids is 2. The van der Waals surface area contributed by atoms with Crippen LogP contribution in [-0.4, -0.2) is 45.1 Å². The number of nitrogens with two attached hydrogens (primary N) is 1. The third-order valence-corrected chi connectivity index (χ3v) is 6.50. The van der Waals surface area contributed by atoms with Crippen LogP contribution in [0.5, 0.6) is 0 Å². The Kier molecular flexibility index (Phi) is 7.10. The summed E-state index contributed by atoms with van der Waals surface area (Å²) in [5.74, 6) is -1.71. The monoisotopic (exact) mass is 524 g/mol. The van der Waals surface area contributed by atoms with Crippen LogP contribution in [-0.2, 0) is 20.5 Å². The van der Waals surface area contributed by atoms with E-state index in [9.17, 15) is 22.8 Å². The number of nitrogen functional groups attached to an aromatic ring is 1. The van der Waals surface area contributed by atoms with E-state index in [0.717, 1.165) is 36.3 Å². The maximum Gasteiger partial charge on any atom is 0.416 e. The highest BCUT2D eigenvalue weighted by Gasteiger charge is 2.32. The average molecular weight is 525 g/mol. The van der Waals surface area contributed by atoms with E-state index in [1.807, 2.05) is 0 Å². The summed E-state index contributed by atoms with van der Waals surface area (Å²) >= 11 is 6.06. The van der Waals surface area contributed by atoms with E-state index in [1.165, 1.54) is 19.3 Å². The molecule has 13 heteroatoms. The molecule has 0 bridgehead atoms. The molecular formula is C23H24ClF3N6O3. The average Bonchev–Trinajstić information content (AvgIpc) is 3.31. The molecular weight excluding hydrogens is 501 g/mol. The van der Waals surface area contributed by atoms with Crippen LogP contribution in [0.2, 0.25) is 5.02 Å². The molecule has 36 heavy (non-hydrogen) atoms. The SMILES string of the molecule is CC(c1ccc(C(F)(F)F)cc1Cl)N(C)C(=O)C(=O)Nc1cnc(N)c2cn(C3CCCCO3)nc12. The quantitative estimate of drug-likeness (QED) is 0.484. The summed E-state index contributed by atoms with van der Waals surface area (Å²) in [5, 5.41) is 7.34. The van der Waals surface area contributed by atoms with Crippen molar-refractivity contribution in [3.63, 3.8) is 0 Å². The van der Waals surface area contributed by atoms with E-state index < -0.39 is 29.6 Å². The number of ether oxygens (including phenoxy) is 1. The van der Waals surface area contributed by atoms with Gasteiger partial charge in [0, 0.05) is 24.9 Å². The summed E-state index contributed by atoms with van der Waals surface area (Å²) < 4.78 is 46.2. The number of amides is 2. The standard InChI is InChI=1S/C23H24ClF3N6O3/c1-12(14-7-6-13(9-16(14)24)23(25,26)27)32(2)22(35)21(34)30-17-10-29-20(28)15-11-33(31-19(15)17)18-5-3-4-8-36-18/h6-7,9-12,18H,3-5,8H2,1-2H3,(H2,28,29)(H,30,34). The van der Waals surface area contributed by atoms with Gasteiger partial charge in [0.05, 0.1) is 28.9 Å². The Balaban J connectivity index is 1.53. The van der Waals surface area contributed by atoms with E-state index >= 15 is 0 Å². The maximum atomic E-state index is 12.9. The fourth-order valence-electron chi connectivity index (χ4n) is 3.98. The Bertz CT molecular complexity index is 1310. The minimum Gasteiger partial charge on any atom is -0.383 e. The predicted octanol–water partition coefficient (Wildman–Crippen LogP) is 4.54. The summed E-state index contributed by atoms with van der Waals surface area (Å²) in [6, 6.07) is 2.06. The van der Waals surface area contributed by atoms with Gasteiger partial charge >= 0.3 is 18.0 Å². The highest BCUT2D eigenvalue weighted by Crippen LogP contribution is 2.35. The lowest BCUT2D eigenvalue weighted by Gasteiger charge is -2.26. The smallest absolute Gasteiger partial charge is 0.383 e. The van der Waals surface area contributed by atoms with Gasteiger partial charge < -0.3 is 20.7 Å². The molecule has 0 spiro atoms. The van der Waals surface area contributed by atoms with Crippen LogP contribution in [0, 0.1) is 0 Å². The molecule has 9 nitrogen and oxygen atoms in total. The summed E-state index contributed by atoms with van der Waals surface area (Å²) in [6.07, 6.45) is 0.896. The van der Waals surface area contributed by atoms with Crippen molar-refractivity contribution in [1.29, 1.82) is 0 Å². The zero-order valence-electron chi connectivity index (χ0n) is 19.5. The first kappa shape index (κ1) is 25.7. The zero-order valence-corrected chi connectivity index (χ0v) is 20.2. The van der Waals surface area contributed by atoms with Crippen LogP contribution in [0.15, 0.2) is 30.6 Å². The highest BCUT2D eigenvalue weighted by molar-refractivity contribution is 6.40. The largest absolute Gasteiger partial charge is 0.416 e. The number of rotatable bonds is 4. The first-order valence-electron chi connectivity index (χ1n) is 11.2. The minimum absolute atomic E-state index is 0.169.